The Morgan fingerprint density at radius 1 is 1.33 bits per heavy atom. The predicted octanol–water partition coefficient (Wildman–Crippen LogP) is -1.93. The molecule has 2 heteroatoms. The van der Waals surface area contributed by atoms with E-state index in [4.69, 9.17) is 0 Å². The number of benzene rings is 1. The summed E-state index contributed by atoms with van der Waals surface area (Å²) in [5.74, 6) is 0.0880. The van der Waals surface area contributed by atoms with Crippen LogP contribution in [0.1, 0.15) is 5.56 Å². The largest absolute Gasteiger partial charge is 1.00 e. The Kier molecular flexibility index (Phi) is 4.79. The second-order valence-corrected chi connectivity index (χ2v) is 1.82. The molecule has 1 nitrogen and oxygen atoms in total. The van der Waals surface area contributed by atoms with Gasteiger partial charge in [0.2, 0.25) is 0 Å². The average molecular weight is 146 g/mol. The fourth-order valence-electron chi connectivity index (χ4n) is 0.615. The Balaban J connectivity index is 0.000000640. The van der Waals surface area contributed by atoms with Crippen LogP contribution >= 0.6 is 0 Å². The third-order valence-electron chi connectivity index (χ3n) is 0.990. The molecule has 42 valence electrons. The van der Waals surface area contributed by atoms with Crippen molar-refractivity contribution >= 4 is 0 Å². The summed E-state index contributed by atoms with van der Waals surface area (Å²) in [6, 6.07) is 6.83. The van der Waals surface area contributed by atoms with Crippen LogP contribution < -0.4 is 56.5 Å². The first-order valence-electron chi connectivity index (χ1n) is 2.53. The Bertz CT molecular complexity index is 169. The Morgan fingerprint density at radius 2 is 2.00 bits per heavy atom. The van der Waals surface area contributed by atoms with E-state index in [9.17, 15) is 5.11 Å². The maximum Gasteiger partial charge on any atom is 1.00 e. The molecule has 9 heavy (non-hydrogen) atoms. The zero-order valence-corrected chi connectivity index (χ0v) is 8.84. The second kappa shape index (κ2) is 4.47. The van der Waals surface area contributed by atoms with Crippen LogP contribution in [0.3, 0.4) is 0 Å². The van der Waals surface area contributed by atoms with Crippen LogP contribution in [0, 0.1) is 6.92 Å². The van der Waals surface area contributed by atoms with Crippen molar-refractivity contribution in [2.45, 2.75) is 6.92 Å². The van der Waals surface area contributed by atoms with Gasteiger partial charge < -0.3 is 5.11 Å². The molecule has 0 spiro atoms. The fourth-order valence-corrected chi connectivity index (χ4v) is 0.615. The van der Waals surface area contributed by atoms with Gasteiger partial charge in [-0.1, -0.05) is 29.8 Å². The van der Waals surface area contributed by atoms with Crippen LogP contribution in [0.5, 0.6) is 5.75 Å². The van der Waals surface area contributed by atoms with E-state index >= 15 is 0 Å². The van der Waals surface area contributed by atoms with Crippen LogP contribution in [0.15, 0.2) is 24.3 Å². The summed E-state index contributed by atoms with van der Waals surface area (Å²) in [6.45, 7) is 1.90. The van der Waals surface area contributed by atoms with Gasteiger partial charge in [0.15, 0.2) is 0 Å². The molecule has 1 rings (SSSR count). The summed E-state index contributed by atoms with van der Waals surface area (Å²) in [6.07, 6.45) is 0. The fraction of sp³-hybridized carbons (Fsp3) is 0.143. The van der Waals surface area contributed by atoms with Crippen molar-refractivity contribution in [1.82, 2.24) is 0 Å². The van der Waals surface area contributed by atoms with Crippen LogP contribution in [-0.4, -0.2) is 0 Å². The molecule has 0 bridgehead atoms. The minimum absolute atomic E-state index is 0. The van der Waals surface area contributed by atoms with Crippen LogP contribution in [0.25, 0.3) is 0 Å². The van der Waals surface area contributed by atoms with Crippen molar-refractivity contribution in [3.05, 3.63) is 29.8 Å². The standard InChI is InChI=1S/C7H8O.K/c1-6-3-2-4-7(8)5-6;/h2-5,8H,1H3;/q;+1/p-1. The van der Waals surface area contributed by atoms with E-state index in [2.05, 4.69) is 0 Å². The molecular weight excluding hydrogens is 139 g/mol. The van der Waals surface area contributed by atoms with E-state index in [0.717, 1.165) is 5.56 Å². The number of aryl methyl sites for hydroxylation is 1. The predicted molar refractivity (Wildman–Crippen MR) is 30.6 cm³/mol. The van der Waals surface area contributed by atoms with Crippen molar-refractivity contribution < 1.29 is 56.5 Å². The quantitative estimate of drug-likeness (QED) is 0.391. The Hall–Kier alpha value is 0.656. The molecule has 0 aliphatic heterocycles. The van der Waals surface area contributed by atoms with Gasteiger partial charge in [0.05, 0.1) is 0 Å². The van der Waals surface area contributed by atoms with E-state index < -0.39 is 0 Å². The summed E-state index contributed by atoms with van der Waals surface area (Å²) in [5, 5.41) is 10.5. The maximum absolute atomic E-state index is 10.5. The monoisotopic (exact) mass is 146 g/mol. The molecule has 0 aliphatic carbocycles. The first kappa shape index (κ1) is 9.66. The van der Waals surface area contributed by atoms with E-state index in [-0.39, 0.29) is 57.1 Å². The first-order valence-corrected chi connectivity index (χ1v) is 2.53. The molecule has 1 aromatic carbocycles. The summed E-state index contributed by atoms with van der Waals surface area (Å²) >= 11 is 0. The summed E-state index contributed by atoms with van der Waals surface area (Å²) < 4.78 is 0. The number of hydrogen-bond donors (Lipinski definition) is 0. The molecule has 1 aromatic rings. The van der Waals surface area contributed by atoms with Crippen molar-refractivity contribution in [1.29, 1.82) is 0 Å². The normalized spacial score (nSPS) is 8.11. The zero-order chi connectivity index (χ0) is 5.98. The molecule has 0 saturated heterocycles. The molecule has 0 unspecified atom stereocenters. The molecule has 0 radical (unpaired) electrons. The van der Waals surface area contributed by atoms with Gasteiger partial charge >= 0.3 is 51.4 Å². The third-order valence-corrected chi connectivity index (χ3v) is 0.990. The van der Waals surface area contributed by atoms with Gasteiger partial charge in [0.1, 0.15) is 0 Å². The van der Waals surface area contributed by atoms with E-state index in [0.29, 0.717) is 0 Å². The van der Waals surface area contributed by atoms with Gasteiger partial charge in [-0.05, 0) is 6.92 Å². The number of hydrogen-bond acceptors (Lipinski definition) is 1. The van der Waals surface area contributed by atoms with E-state index in [1.54, 1.807) is 18.2 Å². The topological polar surface area (TPSA) is 23.1 Å². The van der Waals surface area contributed by atoms with Gasteiger partial charge in [0, 0.05) is 0 Å². The summed E-state index contributed by atoms with van der Waals surface area (Å²) in [7, 11) is 0. The minimum atomic E-state index is 0. The summed E-state index contributed by atoms with van der Waals surface area (Å²) in [5.41, 5.74) is 1.03. The number of rotatable bonds is 0. The third kappa shape index (κ3) is 3.38. The second-order valence-electron chi connectivity index (χ2n) is 1.82. The van der Waals surface area contributed by atoms with Crippen LogP contribution in [0.4, 0.5) is 0 Å². The van der Waals surface area contributed by atoms with Crippen LogP contribution in [0.2, 0.25) is 0 Å². The molecule has 0 aromatic heterocycles. The van der Waals surface area contributed by atoms with E-state index in [1.165, 1.54) is 0 Å². The Morgan fingerprint density at radius 3 is 2.33 bits per heavy atom. The molecule has 0 amide bonds. The van der Waals surface area contributed by atoms with Crippen molar-refractivity contribution in [2.24, 2.45) is 0 Å². The average Bonchev–Trinajstić information content (AvgIpc) is 1.64. The molecule has 0 fully saturated rings. The molecule has 0 saturated carbocycles. The minimum Gasteiger partial charge on any atom is -0.872 e. The van der Waals surface area contributed by atoms with Crippen molar-refractivity contribution in [2.75, 3.05) is 0 Å². The van der Waals surface area contributed by atoms with Crippen molar-refractivity contribution in [3.63, 3.8) is 0 Å². The van der Waals surface area contributed by atoms with Crippen molar-refractivity contribution in [3.8, 4) is 5.75 Å². The van der Waals surface area contributed by atoms with Gasteiger partial charge in [-0.25, -0.2) is 0 Å². The molecule has 0 heterocycles. The molecule has 0 aliphatic rings. The van der Waals surface area contributed by atoms with E-state index in [1.807, 2.05) is 13.0 Å². The van der Waals surface area contributed by atoms with Gasteiger partial charge in [-0.2, -0.15) is 0 Å². The first-order chi connectivity index (χ1) is 3.79. The molecular formula is C7H7KO. The van der Waals surface area contributed by atoms with Crippen LogP contribution in [-0.2, 0) is 0 Å². The molecule has 0 N–H and O–H groups in total. The maximum atomic E-state index is 10.5. The van der Waals surface area contributed by atoms with Gasteiger partial charge in [0.25, 0.3) is 0 Å². The zero-order valence-electron chi connectivity index (χ0n) is 5.72. The molecule has 0 atom stereocenters. The van der Waals surface area contributed by atoms with Gasteiger partial charge in [-0.15, -0.1) is 5.75 Å². The Labute approximate surface area is 97.5 Å². The van der Waals surface area contributed by atoms with Gasteiger partial charge in [-0.3, -0.25) is 0 Å². The summed E-state index contributed by atoms with van der Waals surface area (Å²) in [4.78, 5) is 0. The SMILES string of the molecule is Cc1cccc([O-])c1.[K+]. The smallest absolute Gasteiger partial charge is 0.872 e.